The number of likely N-dealkylation sites (tertiary alicyclic amines) is 1. The third kappa shape index (κ3) is 6.96. The Bertz CT molecular complexity index is 787. The lowest BCUT2D eigenvalue weighted by Gasteiger charge is -2.34. The molecule has 30 heavy (non-hydrogen) atoms. The van der Waals surface area contributed by atoms with Gasteiger partial charge in [0.25, 0.3) is 0 Å². The average Bonchev–Trinajstić information content (AvgIpc) is 2.74. The smallest absolute Gasteiger partial charge is 0.125 e. The Balaban J connectivity index is 1.40. The Morgan fingerprint density at radius 2 is 1.83 bits per heavy atom. The van der Waals surface area contributed by atoms with Crippen LogP contribution in [0.2, 0.25) is 5.02 Å². The minimum Gasteiger partial charge on any atom is -0.490 e. The number of benzene rings is 2. The highest BCUT2D eigenvalue weighted by Crippen LogP contribution is 2.25. The van der Waals surface area contributed by atoms with E-state index in [2.05, 4.69) is 22.3 Å². The molecule has 0 radical (unpaired) electrons. The largest absolute Gasteiger partial charge is 0.490 e. The summed E-state index contributed by atoms with van der Waals surface area (Å²) in [6.45, 7) is 7.12. The summed E-state index contributed by atoms with van der Waals surface area (Å²) in [6, 6.07) is 15.8. The molecular weight excluding hydrogens is 400 g/mol. The summed E-state index contributed by atoms with van der Waals surface area (Å²) in [5, 5.41) is 24.9. The molecule has 0 aromatic heterocycles. The van der Waals surface area contributed by atoms with Crippen molar-refractivity contribution in [2.24, 2.45) is 0 Å². The van der Waals surface area contributed by atoms with Crippen molar-refractivity contribution in [1.82, 2.24) is 10.2 Å². The molecule has 0 amide bonds. The van der Waals surface area contributed by atoms with Crippen LogP contribution < -0.4 is 10.1 Å². The van der Waals surface area contributed by atoms with Gasteiger partial charge in [0.2, 0.25) is 0 Å². The molecule has 0 bridgehead atoms. The number of halogens is 1. The molecule has 2 aromatic rings. The van der Waals surface area contributed by atoms with E-state index in [1.165, 1.54) is 5.56 Å². The molecule has 3 N–H and O–H groups in total. The fourth-order valence-corrected chi connectivity index (χ4v) is 3.87. The second-order valence-corrected chi connectivity index (χ2v) is 8.99. The number of hydrogen-bond donors (Lipinski definition) is 3. The molecule has 0 spiro atoms. The lowest BCUT2D eigenvalue weighted by atomic mass is 10.0. The predicted octanol–water partition coefficient (Wildman–Crippen LogP) is 3.78. The minimum atomic E-state index is -0.994. The van der Waals surface area contributed by atoms with E-state index in [0.717, 1.165) is 43.1 Å². The zero-order valence-electron chi connectivity index (χ0n) is 17.9. The summed E-state index contributed by atoms with van der Waals surface area (Å²) < 4.78 is 5.83. The van der Waals surface area contributed by atoms with E-state index in [4.69, 9.17) is 16.3 Å². The summed E-state index contributed by atoms with van der Waals surface area (Å²) in [6.07, 6.45) is 1.49. The number of rotatable bonds is 9. The molecular formula is C24H33ClN2O3. The zero-order valence-corrected chi connectivity index (χ0v) is 18.6. The number of aliphatic hydroxyl groups excluding tert-OH is 1. The number of nitrogens with one attached hydrogen (secondary N) is 1. The lowest BCUT2D eigenvalue weighted by molar-refractivity contribution is 0.00720. The van der Waals surface area contributed by atoms with E-state index >= 15 is 0 Å². The Kier molecular flexibility index (Phi) is 8.14. The van der Waals surface area contributed by atoms with Crippen LogP contribution in [0, 0.1) is 0 Å². The maximum atomic E-state index is 10.7. The van der Waals surface area contributed by atoms with E-state index in [0.29, 0.717) is 18.3 Å². The first-order chi connectivity index (χ1) is 14.3. The van der Waals surface area contributed by atoms with Gasteiger partial charge in [0, 0.05) is 29.7 Å². The molecule has 6 heteroatoms. The summed E-state index contributed by atoms with van der Waals surface area (Å²) in [5.41, 5.74) is 1.02. The van der Waals surface area contributed by atoms with Gasteiger partial charge in [0.1, 0.15) is 18.0 Å². The number of para-hydroxylation sites is 1. The molecule has 2 aromatic carbocycles. The van der Waals surface area contributed by atoms with Gasteiger partial charge in [-0.25, -0.2) is 0 Å². The van der Waals surface area contributed by atoms with Crippen LogP contribution in [0.4, 0.5) is 0 Å². The van der Waals surface area contributed by atoms with Crippen molar-refractivity contribution < 1.29 is 14.9 Å². The number of aliphatic hydroxyl groups is 2. The summed E-state index contributed by atoms with van der Waals surface area (Å²) in [7, 11) is 0. The first kappa shape index (κ1) is 23.0. The third-order valence-electron chi connectivity index (χ3n) is 5.59. The van der Waals surface area contributed by atoms with Crippen LogP contribution >= 0.6 is 11.6 Å². The van der Waals surface area contributed by atoms with Gasteiger partial charge < -0.3 is 20.3 Å². The SMILES string of the molecule is CC(O)c1ccccc1OC[C@@](C)(O)CNC1CCN(Cc2ccc(Cl)cc2)CC1. The van der Waals surface area contributed by atoms with Gasteiger partial charge in [-0.05, 0) is 63.5 Å². The highest BCUT2D eigenvalue weighted by atomic mass is 35.5. The summed E-state index contributed by atoms with van der Waals surface area (Å²) >= 11 is 5.96. The van der Waals surface area contributed by atoms with E-state index < -0.39 is 11.7 Å². The average molecular weight is 433 g/mol. The van der Waals surface area contributed by atoms with Crippen molar-refractivity contribution in [2.75, 3.05) is 26.2 Å². The fraction of sp³-hybridized carbons (Fsp3) is 0.500. The number of hydrogen-bond acceptors (Lipinski definition) is 5. The van der Waals surface area contributed by atoms with Gasteiger partial charge >= 0.3 is 0 Å². The van der Waals surface area contributed by atoms with Crippen molar-refractivity contribution in [1.29, 1.82) is 0 Å². The lowest BCUT2D eigenvalue weighted by Crippen LogP contribution is -2.49. The van der Waals surface area contributed by atoms with Crippen LogP contribution in [-0.2, 0) is 6.54 Å². The maximum Gasteiger partial charge on any atom is 0.125 e. The molecule has 1 unspecified atom stereocenters. The molecule has 1 heterocycles. The molecule has 2 atom stereocenters. The van der Waals surface area contributed by atoms with Crippen molar-refractivity contribution in [3.8, 4) is 5.75 Å². The monoisotopic (exact) mass is 432 g/mol. The molecule has 1 saturated heterocycles. The molecule has 0 saturated carbocycles. The first-order valence-corrected chi connectivity index (χ1v) is 11.0. The van der Waals surface area contributed by atoms with Gasteiger partial charge in [-0.1, -0.05) is 41.9 Å². The number of ether oxygens (including phenoxy) is 1. The van der Waals surface area contributed by atoms with Crippen molar-refractivity contribution in [2.45, 2.75) is 51.0 Å². The van der Waals surface area contributed by atoms with Crippen molar-refractivity contribution in [3.63, 3.8) is 0 Å². The van der Waals surface area contributed by atoms with Crippen LogP contribution in [0.5, 0.6) is 5.75 Å². The Hall–Kier alpha value is -1.63. The zero-order chi connectivity index (χ0) is 21.6. The molecule has 1 fully saturated rings. The van der Waals surface area contributed by atoms with Crippen LogP contribution in [0.3, 0.4) is 0 Å². The molecule has 5 nitrogen and oxygen atoms in total. The quantitative estimate of drug-likeness (QED) is 0.562. The second kappa shape index (κ2) is 10.6. The van der Waals surface area contributed by atoms with Gasteiger partial charge in [-0.15, -0.1) is 0 Å². The van der Waals surface area contributed by atoms with Crippen molar-refractivity contribution >= 4 is 11.6 Å². The highest BCUT2D eigenvalue weighted by molar-refractivity contribution is 6.30. The predicted molar refractivity (Wildman–Crippen MR) is 121 cm³/mol. The minimum absolute atomic E-state index is 0.166. The summed E-state index contributed by atoms with van der Waals surface area (Å²) in [5.74, 6) is 0.614. The number of nitrogens with zero attached hydrogens (tertiary/aromatic N) is 1. The highest BCUT2D eigenvalue weighted by Gasteiger charge is 2.26. The number of piperidine rings is 1. The Morgan fingerprint density at radius 3 is 2.50 bits per heavy atom. The topological polar surface area (TPSA) is 65.0 Å². The molecule has 1 aliphatic heterocycles. The van der Waals surface area contributed by atoms with E-state index in [-0.39, 0.29) is 6.61 Å². The normalized spacial score (nSPS) is 18.7. The maximum absolute atomic E-state index is 10.7. The first-order valence-electron chi connectivity index (χ1n) is 10.6. The van der Waals surface area contributed by atoms with Gasteiger partial charge in [0.05, 0.1) is 6.10 Å². The van der Waals surface area contributed by atoms with Crippen LogP contribution in [0.15, 0.2) is 48.5 Å². The van der Waals surface area contributed by atoms with Crippen LogP contribution in [0.1, 0.15) is 43.9 Å². The van der Waals surface area contributed by atoms with Gasteiger partial charge in [-0.3, -0.25) is 4.90 Å². The van der Waals surface area contributed by atoms with E-state index in [1.807, 2.05) is 36.4 Å². The molecule has 3 rings (SSSR count). The van der Waals surface area contributed by atoms with Crippen LogP contribution in [0.25, 0.3) is 0 Å². The summed E-state index contributed by atoms with van der Waals surface area (Å²) in [4.78, 5) is 2.45. The van der Waals surface area contributed by atoms with E-state index in [9.17, 15) is 10.2 Å². The molecule has 0 aliphatic carbocycles. The fourth-order valence-electron chi connectivity index (χ4n) is 3.75. The standard InChI is InChI=1S/C24H33ClN2O3/c1-18(28)22-5-3-4-6-23(22)30-17-24(2,29)16-26-21-11-13-27(14-12-21)15-19-7-9-20(25)10-8-19/h3-10,18,21,26,28-29H,11-17H2,1-2H3/t18?,24-/m0/s1. The van der Waals surface area contributed by atoms with Crippen LogP contribution in [-0.4, -0.2) is 53.0 Å². The third-order valence-corrected chi connectivity index (χ3v) is 5.84. The van der Waals surface area contributed by atoms with Crippen molar-refractivity contribution in [3.05, 3.63) is 64.7 Å². The van der Waals surface area contributed by atoms with E-state index in [1.54, 1.807) is 13.8 Å². The Morgan fingerprint density at radius 1 is 1.17 bits per heavy atom. The molecule has 164 valence electrons. The molecule has 1 aliphatic rings. The van der Waals surface area contributed by atoms with Gasteiger partial charge in [0.15, 0.2) is 0 Å². The van der Waals surface area contributed by atoms with Gasteiger partial charge in [-0.2, -0.15) is 0 Å². The second-order valence-electron chi connectivity index (χ2n) is 8.56. The Labute approximate surface area is 184 Å².